The van der Waals surface area contributed by atoms with Crippen LogP contribution in [0, 0.1) is 0 Å². The molecule has 0 unspecified atom stereocenters. The number of hydrogen-bond acceptors (Lipinski definition) is 2. The molecule has 0 aliphatic heterocycles. The molecular weight excluding hydrogens is 312 g/mol. The number of aliphatic carboxylic acids is 1. The number of hydrogen-bond donors (Lipinski definition) is 1. The highest BCUT2D eigenvalue weighted by Crippen LogP contribution is 2.05. The summed E-state index contributed by atoms with van der Waals surface area (Å²) < 4.78 is 0. The van der Waals surface area contributed by atoms with E-state index in [-0.39, 0.29) is 0 Å². The molecule has 0 fully saturated rings. The van der Waals surface area contributed by atoms with E-state index >= 15 is 0 Å². The van der Waals surface area contributed by atoms with Gasteiger partial charge in [-0.15, -0.1) is 0 Å². The maximum Gasteiger partial charge on any atom is 0.328 e. The second-order valence-electron chi connectivity index (χ2n) is 5.55. The molecule has 0 heterocycles. The van der Waals surface area contributed by atoms with Crippen molar-refractivity contribution >= 4 is 11.8 Å². The molecule has 3 nitrogen and oxygen atoms in total. The van der Waals surface area contributed by atoms with Gasteiger partial charge in [-0.1, -0.05) is 86.6 Å². The molecule has 0 aromatic heterocycles. The number of unbranched alkanes of at least 4 members (excludes halogenated alkanes) is 3. The number of ketones is 1. The van der Waals surface area contributed by atoms with Gasteiger partial charge in [0.05, 0.1) is 0 Å². The van der Waals surface area contributed by atoms with Crippen LogP contribution in [0.2, 0.25) is 0 Å². The van der Waals surface area contributed by atoms with Crippen molar-refractivity contribution in [3.05, 3.63) is 72.9 Å². The molecule has 0 rings (SSSR count). The fraction of sp³-hybridized carbons (Fsp3) is 0.364. The summed E-state index contributed by atoms with van der Waals surface area (Å²) in [4.78, 5) is 21.8. The molecule has 0 spiro atoms. The van der Waals surface area contributed by atoms with Gasteiger partial charge in [0.25, 0.3) is 0 Å². The summed E-state index contributed by atoms with van der Waals surface area (Å²) in [6.45, 7) is 2.15. The number of carbonyl (C=O) groups is 2. The topological polar surface area (TPSA) is 54.4 Å². The molecule has 0 aromatic carbocycles. The largest absolute Gasteiger partial charge is 0.478 e. The Balaban J connectivity index is 3.71. The minimum absolute atomic E-state index is 0.389. The van der Waals surface area contributed by atoms with E-state index in [2.05, 4.69) is 13.0 Å². The highest BCUT2D eigenvalue weighted by atomic mass is 16.4. The van der Waals surface area contributed by atoms with Crippen molar-refractivity contribution in [3.63, 3.8) is 0 Å². The van der Waals surface area contributed by atoms with Crippen molar-refractivity contribution in [3.8, 4) is 0 Å². The van der Waals surface area contributed by atoms with Crippen molar-refractivity contribution in [2.45, 2.75) is 51.9 Å². The molecule has 3 heteroatoms. The molecule has 25 heavy (non-hydrogen) atoms. The minimum Gasteiger partial charge on any atom is -0.478 e. The van der Waals surface area contributed by atoms with Gasteiger partial charge in [0.1, 0.15) is 5.78 Å². The molecular formula is C22H30O3. The van der Waals surface area contributed by atoms with Crippen LogP contribution >= 0.6 is 0 Å². The number of carboxylic acids is 1. The number of carboxylic acid groups (broad SMARTS) is 1. The van der Waals surface area contributed by atoms with Gasteiger partial charge in [-0.25, -0.2) is 4.79 Å². The lowest BCUT2D eigenvalue weighted by Crippen LogP contribution is -1.96. The van der Waals surface area contributed by atoms with Crippen molar-refractivity contribution in [2.24, 2.45) is 0 Å². The Labute approximate surface area is 151 Å². The quantitative estimate of drug-likeness (QED) is 0.249. The van der Waals surface area contributed by atoms with E-state index in [0.29, 0.717) is 12.2 Å². The van der Waals surface area contributed by atoms with Crippen LogP contribution in [0.15, 0.2) is 72.9 Å². The lowest BCUT2D eigenvalue weighted by molar-refractivity contribution is -0.131. The average Bonchev–Trinajstić information content (AvgIpc) is 2.58. The van der Waals surface area contributed by atoms with E-state index in [9.17, 15) is 9.59 Å². The van der Waals surface area contributed by atoms with Crippen LogP contribution in [0.25, 0.3) is 0 Å². The van der Waals surface area contributed by atoms with E-state index < -0.39 is 5.97 Å². The monoisotopic (exact) mass is 342 g/mol. The number of carbonyl (C=O) groups excluding carboxylic acids is 1. The molecule has 136 valence electrons. The second-order valence-corrected chi connectivity index (χ2v) is 5.55. The van der Waals surface area contributed by atoms with Crippen LogP contribution in [0.3, 0.4) is 0 Å². The van der Waals surface area contributed by atoms with E-state index in [1.165, 1.54) is 6.08 Å². The van der Waals surface area contributed by atoms with Crippen molar-refractivity contribution in [1.29, 1.82) is 0 Å². The molecule has 0 aliphatic rings. The van der Waals surface area contributed by atoms with Gasteiger partial charge in [-0.3, -0.25) is 4.79 Å². The normalized spacial score (nSPS) is 12.8. The lowest BCUT2D eigenvalue weighted by Gasteiger charge is -1.98. The van der Waals surface area contributed by atoms with Crippen molar-refractivity contribution in [1.82, 2.24) is 0 Å². The average molecular weight is 342 g/mol. The molecule has 0 atom stereocenters. The summed E-state index contributed by atoms with van der Waals surface area (Å²) in [5, 5.41) is 8.39. The van der Waals surface area contributed by atoms with E-state index in [1.54, 1.807) is 12.2 Å². The summed E-state index contributed by atoms with van der Waals surface area (Å²) in [5.74, 6) is -0.565. The van der Waals surface area contributed by atoms with Gasteiger partial charge in [0.15, 0.2) is 0 Å². The maximum atomic E-state index is 11.6. The first-order valence-corrected chi connectivity index (χ1v) is 8.91. The van der Waals surface area contributed by atoms with Crippen LogP contribution in [-0.4, -0.2) is 16.9 Å². The molecule has 0 aromatic rings. The zero-order valence-corrected chi connectivity index (χ0v) is 15.1. The first-order chi connectivity index (χ1) is 12.2. The first kappa shape index (κ1) is 22.6. The zero-order chi connectivity index (χ0) is 18.6. The van der Waals surface area contributed by atoms with E-state index in [0.717, 1.165) is 44.6 Å². The third-order valence-corrected chi connectivity index (χ3v) is 3.26. The van der Waals surface area contributed by atoms with Crippen LogP contribution < -0.4 is 0 Å². The Kier molecular flexibility index (Phi) is 16.2. The van der Waals surface area contributed by atoms with Gasteiger partial charge in [0.2, 0.25) is 0 Å². The Morgan fingerprint density at radius 3 is 1.80 bits per heavy atom. The van der Waals surface area contributed by atoms with Gasteiger partial charge < -0.3 is 5.11 Å². The number of Topliss-reactive ketones (excluding diaryl/α,β-unsaturated/α-hetero) is 1. The van der Waals surface area contributed by atoms with Crippen LogP contribution in [0.1, 0.15) is 51.9 Å². The van der Waals surface area contributed by atoms with E-state index in [1.807, 2.05) is 42.5 Å². The molecule has 1 N–H and O–H groups in total. The Morgan fingerprint density at radius 2 is 1.24 bits per heavy atom. The van der Waals surface area contributed by atoms with Crippen LogP contribution in [0.4, 0.5) is 0 Å². The van der Waals surface area contributed by atoms with Crippen LogP contribution in [-0.2, 0) is 9.59 Å². The van der Waals surface area contributed by atoms with Gasteiger partial charge in [0, 0.05) is 18.9 Å². The summed E-state index contributed by atoms with van der Waals surface area (Å²) in [7, 11) is 0. The van der Waals surface area contributed by atoms with Gasteiger partial charge >= 0.3 is 5.97 Å². The summed E-state index contributed by atoms with van der Waals surface area (Å²) >= 11 is 0. The van der Waals surface area contributed by atoms with Gasteiger partial charge in [-0.2, -0.15) is 0 Å². The molecule has 0 amide bonds. The second kappa shape index (κ2) is 17.9. The van der Waals surface area contributed by atoms with Crippen LogP contribution in [0.5, 0.6) is 0 Å². The summed E-state index contributed by atoms with van der Waals surface area (Å²) in [6.07, 6.45) is 28.1. The standard InChI is InChI=1S/C22H30O3/c1-2-3-15-18-21(23)19-16-13-11-9-7-5-4-6-8-10-12-14-17-20-22(24)25/h4-12,14,17,20H,2-3,13,15-16,18-19H2,1H3,(H,24,25)/b6-4+,7-5+,10-8+,11-9+,14-12+,20-17+. The smallest absolute Gasteiger partial charge is 0.328 e. The Morgan fingerprint density at radius 1 is 0.720 bits per heavy atom. The number of allylic oxidation sites excluding steroid dienone is 11. The molecule has 0 saturated carbocycles. The fourth-order valence-electron chi connectivity index (χ4n) is 1.94. The molecule has 0 aliphatic carbocycles. The highest BCUT2D eigenvalue weighted by molar-refractivity contribution is 5.80. The molecule has 0 radical (unpaired) electrons. The maximum absolute atomic E-state index is 11.6. The highest BCUT2D eigenvalue weighted by Gasteiger charge is 1.99. The first-order valence-electron chi connectivity index (χ1n) is 8.91. The molecule has 0 saturated heterocycles. The predicted molar refractivity (Wildman–Crippen MR) is 105 cm³/mol. The fourth-order valence-corrected chi connectivity index (χ4v) is 1.94. The molecule has 0 bridgehead atoms. The third-order valence-electron chi connectivity index (χ3n) is 3.26. The van der Waals surface area contributed by atoms with Crippen molar-refractivity contribution < 1.29 is 14.7 Å². The number of rotatable bonds is 14. The Bertz CT molecular complexity index is 531. The SMILES string of the molecule is CCCCCC(=O)CCC/C=C/C=C/C=C/C=C/C=C/C=C/C(=O)O. The zero-order valence-electron chi connectivity index (χ0n) is 15.1. The summed E-state index contributed by atoms with van der Waals surface area (Å²) in [5.41, 5.74) is 0. The Hall–Kier alpha value is -2.42. The summed E-state index contributed by atoms with van der Waals surface area (Å²) in [6, 6.07) is 0. The minimum atomic E-state index is -0.953. The van der Waals surface area contributed by atoms with Crippen molar-refractivity contribution in [2.75, 3.05) is 0 Å². The third kappa shape index (κ3) is 19.5. The lowest BCUT2D eigenvalue weighted by atomic mass is 10.1. The van der Waals surface area contributed by atoms with Gasteiger partial charge in [-0.05, 0) is 19.3 Å². The predicted octanol–water partition coefficient (Wildman–Crippen LogP) is 5.73. The van der Waals surface area contributed by atoms with E-state index in [4.69, 9.17) is 5.11 Å².